The topological polar surface area (TPSA) is 119 Å². The van der Waals surface area contributed by atoms with Crippen molar-refractivity contribution in [3.05, 3.63) is 11.6 Å². The van der Waals surface area contributed by atoms with E-state index in [-0.39, 0.29) is 50.7 Å². The molecule has 0 spiro atoms. The van der Waals surface area contributed by atoms with Crippen molar-refractivity contribution in [2.45, 2.75) is 150 Å². The third-order valence-electron chi connectivity index (χ3n) is 12.5. The fraction of sp³-hybridized carbons (Fsp3) is 0.842. The number of ether oxygens (including phenoxy) is 2. The van der Waals surface area contributed by atoms with Crippen LogP contribution >= 0.6 is 0 Å². The molecule has 0 aliphatic heterocycles. The molecular formula is C38H61NO7. The standard InChI is InChI=1S/C38H61NO7/c1-24(2)8-7-9-25(3)30-12-13-31-29-11-10-27-22-28(18-20-37(27,5)32(29)19-21-38(30,31)6)46-36(44)16-14-33(40)39-26(4)23-45-35(43)17-15-34(41)42/h10,24-26,28-32H,7-9,11-23H2,1-6H3,(H,39,40)(H,41,42)/t25-,26?,28+,29?,30-,31?,32?,37+,38-/m1/s1/i4D. The average Bonchev–Trinajstić information content (AvgIpc) is 3.38. The van der Waals surface area contributed by atoms with Crippen LogP contribution in [0.15, 0.2) is 11.6 Å². The number of esters is 2. The van der Waals surface area contributed by atoms with E-state index in [9.17, 15) is 19.2 Å². The number of hydrogen-bond donors (Lipinski definition) is 2. The quantitative estimate of drug-likeness (QED) is 0.139. The van der Waals surface area contributed by atoms with Gasteiger partial charge in [-0.3, -0.25) is 19.2 Å². The van der Waals surface area contributed by atoms with E-state index < -0.39 is 29.9 Å². The molecule has 3 saturated carbocycles. The first-order valence-electron chi connectivity index (χ1n) is 18.8. The second kappa shape index (κ2) is 15.7. The largest absolute Gasteiger partial charge is 0.481 e. The Kier molecular flexibility index (Phi) is 11.9. The molecule has 0 aromatic rings. The van der Waals surface area contributed by atoms with E-state index in [0.717, 1.165) is 55.3 Å². The van der Waals surface area contributed by atoms with Crippen LogP contribution in [0.2, 0.25) is 0 Å². The van der Waals surface area contributed by atoms with Crippen molar-refractivity contribution >= 4 is 23.8 Å². The molecule has 0 radical (unpaired) electrons. The number of aliphatic carboxylic acids is 1. The summed E-state index contributed by atoms with van der Waals surface area (Å²) in [5.74, 6) is 2.13. The first-order valence-corrected chi connectivity index (χ1v) is 18.1. The Hall–Kier alpha value is -2.38. The highest BCUT2D eigenvalue weighted by Gasteiger charge is 2.59. The first-order chi connectivity index (χ1) is 22.3. The van der Waals surface area contributed by atoms with Crippen LogP contribution in [0.25, 0.3) is 0 Å². The van der Waals surface area contributed by atoms with Crippen LogP contribution in [-0.4, -0.2) is 47.7 Å². The molecule has 0 aromatic carbocycles. The lowest BCUT2D eigenvalue weighted by Crippen LogP contribution is -2.51. The lowest BCUT2D eigenvalue weighted by atomic mass is 9.47. The Morgan fingerprint density at radius 3 is 2.46 bits per heavy atom. The number of allylic oxidation sites excluding steroid dienone is 1. The summed E-state index contributed by atoms with van der Waals surface area (Å²) in [6, 6.07) is -0.726. The van der Waals surface area contributed by atoms with E-state index in [1.165, 1.54) is 50.5 Å². The SMILES string of the molecule is [2H]CC(COC(=O)CCC(=O)O)NC(=O)CCC(=O)O[C@H]1CC[C@@]2(C)C(=CCC3C2CC[C@@]2(C)C3CC[C@@H]2[C@H](C)CCCC(C)C)C1. The molecule has 8 heteroatoms. The predicted octanol–water partition coefficient (Wildman–Crippen LogP) is 7.63. The maximum Gasteiger partial charge on any atom is 0.306 e. The molecule has 4 aliphatic carbocycles. The number of hydrogen-bond acceptors (Lipinski definition) is 6. The lowest BCUT2D eigenvalue weighted by molar-refractivity contribution is -0.152. The van der Waals surface area contributed by atoms with Crippen LogP contribution < -0.4 is 5.32 Å². The number of fused-ring (bicyclic) bond motifs is 5. The number of carboxylic acid groups (broad SMARTS) is 1. The normalized spacial score (nSPS) is 33.4. The van der Waals surface area contributed by atoms with Gasteiger partial charge in [-0.15, -0.1) is 0 Å². The smallest absolute Gasteiger partial charge is 0.306 e. The molecule has 9 atom stereocenters. The Morgan fingerprint density at radius 1 is 0.978 bits per heavy atom. The minimum Gasteiger partial charge on any atom is -0.481 e. The van der Waals surface area contributed by atoms with Gasteiger partial charge >= 0.3 is 17.9 Å². The van der Waals surface area contributed by atoms with E-state index in [0.29, 0.717) is 11.3 Å². The van der Waals surface area contributed by atoms with E-state index in [1.807, 2.05) is 0 Å². The maximum atomic E-state index is 12.7. The van der Waals surface area contributed by atoms with Crippen LogP contribution in [0, 0.1) is 46.3 Å². The van der Waals surface area contributed by atoms with Crippen molar-refractivity contribution in [3.8, 4) is 0 Å². The molecule has 4 unspecified atom stereocenters. The summed E-state index contributed by atoms with van der Waals surface area (Å²) in [5.41, 5.74) is 2.11. The number of carboxylic acids is 1. The van der Waals surface area contributed by atoms with Crippen LogP contribution in [-0.2, 0) is 28.7 Å². The molecule has 0 saturated heterocycles. The minimum absolute atomic E-state index is 0.0518. The molecule has 0 aromatic heterocycles. The molecule has 1 amide bonds. The maximum absolute atomic E-state index is 12.7. The second-order valence-electron chi connectivity index (χ2n) is 16.0. The molecule has 46 heavy (non-hydrogen) atoms. The van der Waals surface area contributed by atoms with E-state index in [4.69, 9.17) is 16.0 Å². The van der Waals surface area contributed by atoms with Gasteiger partial charge in [0.25, 0.3) is 0 Å². The minimum atomic E-state index is -1.10. The highest BCUT2D eigenvalue weighted by atomic mass is 16.5. The van der Waals surface area contributed by atoms with E-state index in [2.05, 4.69) is 46.0 Å². The Balaban J connectivity index is 1.24. The van der Waals surface area contributed by atoms with Crippen molar-refractivity contribution in [1.29, 1.82) is 0 Å². The van der Waals surface area contributed by atoms with Gasteiger partial charge in [-0.25, -0.2) is 0 Å². The van der Waals surface area contributed by atoms with Crippen LogP contribution in [0.5, 0.6) is 0 Å². The Morgan fingerprint density at radius 2 is 1.74 bits per heavy atom. The number of amides is 1. The molecule has 4 aliphatic rings. The van der Waals surface area contributed by atoms with E-state index in [1.54, 1.807) is 0 Å². The fourth-order valence-corrected chi connectivity index (χ4v) is 10.0. The zero-order valence-electron chi connectivity index (χ0n) is 30.1. The molecular weight excluding hydrogens is 582 g/mol. The van der Waals surface area contributed by atoms with Gasteiger partial charge in [-0.1, -0.05) is 65.5 Å². The summed E-state index contributed by atoms with van der Waals surface area (Å²) in [4.78, 5) is 47.4. The van der Waals surface area contributed by atoms with Gasteiger partial charge in [0, 0.05) is 14.2 Å². The summed E-state index contributed by atoms with van der Waals surface area (Å²) < 4.78 is 18.5. The van der Waals surface area contributed by atoms with Crippen LogP contribution in [0.1, 0.15) is 139 Å². The Bertz CT molecular complexity index is 1150. The second-order valence-corrected chi connectivity index (χ2v) is 16.0. The van der Waals surface area contributed by atoms with Gasteiger partial charge in [0.1, 0.15) is 12.7 Å². The van der Waals surface area contributed by atoms with Crippen LogP contribution in [0.4, 0.5) is 0 Å². The molecule has 4 rings (SSSR count). The van der Waals surface area contributed by atoms with Gasteiger partial charge in [0.15, 0.2) is 0 Å². The molecule has 3 fully saturated rings. The number of rotatable bonds is 15. The van der Waals surface area contributed by atoms with Gasteiger partial charge in [0.2, 0.25) is 5.91 Å². The Labute approximate surface area is 278 Å². The van der Waals surface area contributed by atoms with Gasteiger partial charge in [0.05, 0.1) is 25.3 Å². The zero-order chi connectivity index (χ0) is 34.4. The zero-order valence-corrected chi connectivity index (χ0v) is 29.1. The molecule has 0 bridgehead atoms. The number of carbonyl (C=O) groups excluding carboxylic acids is 3. The van der Waals surface area contributed by atoms with Gasteiger partial charge < -0.3 is 19.9 Å². The van der Waals surface area contributed by atoms with Crippen molar-refractivity contribution in [2.75, 3.05) is 6.61 Å². The van der Waals surface area contributed by atoms with Gasteiger partial charge in [-0.05, 0) is 98.2 Å². The monoisotopic (exact) mass is 644 g/mol. The molecule has 260 valence electrons. The first kappa shape index (κ1) is 34.9. The van der Waals surface area contributed by atoms with Crippen molar-refractivity contribution in [1.82, 2.24) is 5.32 Å². The third kappa shape index (κ3) is 8.74. The van der Waals surface area contributed by atoms with Crippen molar-refractivity contribution in [2.24, 2.45) is 46.3 Å². The average molecular weight is 645 g/mol. The molecule has 0 heterocycles. The summed E-state index contributed by atoms with van der Waals surface area (Å²) in [7, 11) is 0. The predicted molar refractivity (Wildman–Crippen MR) is 178 cm³/mol. The lowest BCUT2D eigenvalue weighted by Gasteiger charge is -2.58. The summed E-state index contributed by atoms with van der Waals surface area (Å²) >= 11 is 0. The van der Waals surface area contributed by atoms with Crippen molar-refractivity contribution < 1.29 is 35.1 Å². The van der Waals surface area contributed by atoms with Crippen molar-refractivity contribution in [3.63, 3.8) is 0 Å². The summed E-state index contributed by atoms with van der Waals surface area (Å²) in [5, 5.41) is 11.3. The fourth-order valence-electron chi connectivity index (χ4n) is 10.0. The number of carbonyl (C=O) groups is 4. The molecule has 8 nitrogen and oxygen atoms in total. The van der Waals surface area contributed by atoms with Gasteiger partial charge in [-0.2, -0.15) is 0 Å². The third-order valence-corrected chi connectivity index (χ3v) is 12.5. The number of nitrogens with one attached hydrogen (secondary N) is 1. The van der Waals surface area contributed by atoms with Crippen LogP contribution in [0.3, 0.4) is 0 Å². The molecule has 2 N–H and O–H groups in total. The van der Waals surface area contributed by atoms with E-state index >= 15 is 0 Å². The highest BCUT2D eigenvalue weighted by Crippen LogP contribution is 2.67. The highest BCUT2D eigenvalue weighted by molar-refractivity contribution is 5.81. The summed E-state index contributed by atoms with van der Waals surface area (Å²) in [6.45, 7) is 11.9. The summed E-state index contributed by atoms with van der Waals surface area (Å²) in [6.07, 6.45) is 14.9.